The average Bonchev–Trinajstić information content (AvgIpc) is 2.15. The van der Waals surface area contributed by atoms with Gasteiger partial charge in [-0.15, -0.1) is 0 Å². The van der Waals surface area contributed by atoms with Crippen LogP contribution in [0.3, 0.4) is 0 Å². The van der Waals surface area contributed by atoms with Crippen molar-refractivity contribution in [3.8, 4) is 0 Å². The highest BCUT2D eigenvalue weighted by Gasteiger charge is 2.34. The highest BCUT2D eigenvalue weighted by Crippen LogP contribution is 2.53. The first-order chi connectivity index (χ1) is 7.91. The Labute approximate surface area is 105 Å². The number of rotatable bonds is 6. The van der Waals surface area contributed by atoms with Crippen LogP contribution in [0, 0.1) is 0 Å². The lowest BCUT2D eigenvalue weighted by molar-refractivity contribution is 0.140. The molecule has 0 saturated carbocycles. The molecule has 104 valence electrons. The van der Waals surface area contributed by atoms with E-state index >= 15 is 0 Å². The van der Waals surface area contributed by atoms with Crippen LogP contribution in [-0.4, -0.2) is 39.9 Å². The van der Waals surface area contributed by atoms with E-state index in [0.717, 1.165) is 12.8 Å². The second-order valence-corrected chi connectivity index (χ2v) is 8.89. The summed E-state index contributed by atoms with van der Waals surface area (Å²) in [6, 6.07) is 0. The maximum atomic E-state index is 12.5. The molecule has 1 rings (SSSR count). The molecule has 1 fully saturated rings. The fourth-order valence-electron chi connectivity index (χ4n) is 1.94. The zero-order valence-electron chi connectivity index (χ0n) is 10.5. The van der Waals surface area contributed by atoms with Gasteiger partial charge in [0.2, 0.25) is 7.37 Å². The molecular formula is C10H23O5PS. The summed E-state index contributed by atoms with van der Waals surface area (Å²) in [7, 11) is -5.59. The van der Waals surface area contributed by atoms with Gasteiger partial charge in [0.1, 0.15) is 0 Å². The summed E-state index contributed by atoms with van der Waals surface area (Å²) in [5.74, 6) is 0.0461. The first-order valence-electron chi connectivity index (χ1n) is 6.07. The zero-order chi connectivity index (χ0) is 12.9. The van der Waals surface area contributed by atoms with Gasteiger partial charge in [0.25, 0.3) is 0 Å². The van der Waals surface area contributed by atoms with Gasteiger partial charge in [-0.25, -0.2) is 0 Å². The lowest BCUT2D eigenvalue weighted by Crippen LogP contribution is -2.30. The Bertz CT molecular complexity index is 274. The van der Waals surface area contributed by atoms with E-state index in [0.29, 0.717) is 18.7 Å². The summed E-state index contributed by atoms with van der Waals surface area (Å²) in [6.07, 6.45) is 2.99. The summed E-state index contributed by atoms with van der Waals surface area (Å²) in [5, 5.41) is 0. The van der Waals surface area contributed by atoms with Crippen molar-refractivity contribution in [2.24, 2.45) is 0 Å². The molecule has 1 atom stereocenters. The van der Waals surface area contributed by atoms with Crippen molar-refractivity contribution in [2.45, 2.75) is 39.2 Å². The second kappa shape index (κ2) is 6.55. The van der Waals surface area contributed by atoms with Crippen LogP contribution >= 0.6 is 18.2 Å². The number of hydrogen-bond acceptors (Lipinski definition) is 5. The van der Waals surface area contributed by atoms with Crippen LogP contribution < -0.4 is 0 Å². The van der Waals surface area contributed by atoms with Crippen LogP contribution in [0.15, 0.2) is 0 Å². The third-order valence-electron chi connectivity index (χ3n) is 2.58. The average molecular weight is 286 g/mol. The van der Waals surface area contributed by atoms with E-state index < -0.39 is 18.2 Å². The Morgan fingerprint density at radius 1 is 1.35 bits per heavy atom. The Morgan fingerprint density at radius 3 is 2.41 bits per heavy atom. The molecular weight excluding hydrogens is 263 g/mol. The molecule has 5 nitrogen and oxygen atoms in total. The summed E-state index contributed by atoms with van der Waals surface area (Å²) >= 11 is 0. The molecule has 0 aromatic carbocycles. The van der Waals surface area contributed by atoms with Gasteiger partial charge < -0.3 is 13.6 Å². The smallest absolute Gasteiger partial charge is 0.203 e. The monoisotopic (exact) mass is 286 g/mol. The molecule has 2 N–H and O–H groups in total. The third kappa shape index (κ3) is 5.28. The fourth-order valence-corrected chi connectivity index (χ4v) is 5.74. The molecule has 7 heteroatoms. The molecule has 0 spiro atoms. The minimum atomic E-state index is -2.98. The molecule has 1 unspecified atom stereocenters. The van der Waals surface area contributed by atoms with Crippen molar-refractivity contribution >= 4 is 18.2 Å². The second-order valence-electron chi connectivity index (χ2n) is 4.37. The van der Waals surface area contributed by atoms with E-state index in [1.54, 1.807) is 0 Å². The van der Waals surface area contributed by atoms with Crippen LogP contribution in [0.4, 0.5) is 0 Å². The summed E-state index contributed by atoms with van der Waals surface area (Å²) in [6.45, 7) is 4.21. The van der Waals surface area contributed by atoms with Crippen LogP contribution in [0.5, 0.6) is 0 Å². The molecule has 17 heavy (non-hydrogen) atoms. The summed E-state index contributed by atoms with van der Waals surface area (Å²) < 4.78 is 41.9. The van der Waals surface area contributed by atoms with E-state index in [2.05, 4.69) is 0 Å². The third-order valence-corrected chi connectivity index (χ3v) is 6.87. The van der Waals surface area contributed by atoms with Crippen LogP contribution in [0.25, 0.3) is 0 Å². The quantitative estimate of drug-likeness (QED) is 0.730. The molecule has 1 saturated heterocycles. The molecule has 1 aliphatic heterocycles. The molecule has 0 aliphatic carbocycles. The van der Waals surface area contributed by atoms with Crippen molar-refractivity contribution in [3.05, 3.63) is 0 Å². The predicted octanol–water partition coefficient (Wildman–Crippen LogP) is 3.56. The van der Waals surface area contributed by atoms with Gasteiger partial charge in [0.15, 0.2) is 0 Å². The summed E-state index contributed by atoms with van der Waals surface area (Å²) in [5.41, 5.74) is 0. The van der Waals surface area contributed by atoms with Gasteiger partial charge in [0, 0.05) is 12.3 Å². The van der Waals surface area contributed by atoms with Crippen molar-refractivity contribution < 1.29 is 22.4 Å². The molecule has 0 aromatic rings. The molecule has 0 radical (unpaired) electrons. The Kier molecular flexibility index (Phi) is 5.96. The molecule has 0 amide bonds. The van der Waals surface area contributed by atoms with Gasteiger partial charge in [-0.1, -0.05) is 13.8 Å². The standard InChI is InChI=1S/C10H23O5PS/c1-3-7-16(11,8-4-2)15-10-5-6-14-17(12,13)9-10/h10,12-13H,3-9H2,1-2H3. The highest BCUT2D eigenvalue weighted by molar-refractivity contribution is 8.20. The van der Waals surface area contributed by atoms with Gasteiger partial charge in [-0.05, 0) is 19.3 Å². The largest absolute Gasteiger partial charge is 0.324 e. The van der Waals surface area contributed by atoms with Crippen LogP contribution in [0.1, 0.15) is 33.1 Å². The first-order valence-corrected chi connectivity index (χ1v) is 9.71. The van der Waals surface area contributed by atoms with Gasteiger partial charge in [0.05, 0.1) is 29.3 Å². The van der Waals surface area contributed by atoms with E-state index in [1.165, 1.54) is 0 Å². The van der Waals surface area contributed by atoms with E-state index in [4.69, 9.17) is 8.71 Å². The predicted molar refractivity (Wildman–Crippen MR) is 71.1 cm³/mol. The van der Waals surface area contributed by atoms with Crippen molar-refractivity contribution in [1.82, 2.24) is 0 Å². The Hall–Kier alpha value is 0.420. The van der Waals surface area contributed by atoms with Crippen LogP contribution in [0.2, 0.25) is 0 Å². The van der Waals surface area contributed by atoms with Gasteiger partial charge in [-0.2, -0.15) is 0 Å². The molecule has 0 aromatic heterocycles. The lowest BCUT2D eigenvalue weighted by Gasteiger charge is -2.36. The minimum absolute atomic E-state index is 0.0461. The van der Waals surface area contributed by atoms with E-state index in [9.17, 15) is 13.7 Å². The Morgan fingerprint density at radius 2 is 1.94 bits per heavy atom. The molecule has 0 bridgehead atoms. The van der Waals surface area contributed by atoms with Crippen LogP contribution in [-0.2, 0) is 13.3 Å². The van der Waals surface area contributed by atoms with E-state index in [-0.39, 0.29) is 18.5 Å². The van der Waals surface area contributed by atoms with Gasteiger partial charge >= 0.3 is 0 Å². The lowest BCUT2D eigenvalue weighted by atomic mass is 10.3. The normalized spacial score (nSPS) is 26.7. The molecule has 1 heterocycles. The SMILES string of the molecule is CCCP(=O)(CCC)OC1CCOS(O)(O)C1. The van der Waals surface area contributed by atoms with Crippen molar-refractivity contribution in [3.63, 3.8) is 0 Å². The van der Waals surface area contributed by atoms with Gasteiger partial charge in [-0.3, -0.25) is 8.75 Å². The maximum absolute atomic E-state index is 12.5. The molecule has 1 aliphatic rings. The fraction of sp³-hybridized carbons (Fsp3) is 1.00. The maximum Gasteiger partial charge on any atom is 0.203 e. The van der Waals surface area contributed by atoms with Crippen molar-refractivity contribution in [2.75, 3.05) is 24.7 Å². The zero-order valence-corrected chi connectivity index (χ0v) is 12.2. The topological polar surface area (TPSA) is 76.0 Å². The first kappa shape index (κ1) is 15.5. The minimum Gasteiger partial charge on any atom is -0.324 e. The number of hydrogen-bond donors (Lipinski definition) is 2. The van der Waals surface area contributed by atoms with Crippen molar-refractivity contribution in [1.29, 1.82) is 0 Å². The Balaban J connectivity index is 2.57. The summed E-state index contributed by atoms with van der Waals surface area (Å²) in [4.78, 5) is 0. The highest BCUT2D eigenvalue weighted by atomic mass is 32.3. The van der Waals surface area contributed by atoms with E-state index in [1.807, 2.05) is 13.8 Å².